The average molecular weight is 308 g/mol. The van der Waals surface area contributed by atoms with Crippen molar-refractivity contribution in [2.75, 3.05) is 13.1 Å². The summed E-state index contributed by atoms with van der Waals surface area (Å²) in [5.41, 5.74) is 1.33. The second-order valence-corrected chi connectivity index (χ2v) is 7.35. The molecule has 1 N–H and O–H groups in total. The van der Waals surface area contributed by atoms with Crippen molar-refractivity contribution in [3.8, 4) is 0 Å². The maximum atomic E-state index is 6.38. The smallest absolute Gasteiger partial charge is 0.0438 e. The van der Waals surface area contributed by atoms with E-state index in [9.17, 15) is 0 Å². The number of rotatable bonds is 6. The molecule has 0 aromatic heterocycles. The standard InChI is InChI=1S/C19H30ClN/c1-4-21-13-17-10-9-15(14(2)3)11-18(17)12-16-7-5-6-8-19(16)20/h5-8,14-15,17-18,21H,4,9-13H2,1-3H3. The Bertz CT molecular complexity index is 429. The van der Waals surface area contributed by atoms with E-state index in [-0.39, 0.29) is 0 Å². The first-order valence-corrected chi connectivity index (χ1v) is 8.93. The van der Waals surface area contributed by atoms with Crippen LogP contribution in [0.1, 0.15) is 45.6 Å². The Morgan fingerprint density at radius 3 is 2.62 bits per heavy atom. The van der Waals surface area contributed by atoms with Crippen LogP contribution >= 0.6 is 11.6 Å². The Hall–Kier alpha value is -0.530. The van der Waals surface area contributed by atoms with Crippen molar-refractivity contribution < 1.29 is 0 Å². The van der Waals surface area contributed by atoms with Gasteiger partial charge in [-0.3, -0.25) is 0 Å². The molecule has 0 amide bonds. The lowest BCUT2D eigenvalue weighted by atomic mass is 9.68. The average Bonchev–Trinajstić information content (AvgIpc) is 2.48. The van der Waals surface area contributed by atoms with Crippen molar-refractivity contribution in [1.82, 2.24) is 5.32 Å². The van der Waals surface area contributed by atoms with Crippen LogP contribution in [0, 0.1) is 23.7 Å². The third-order valence-electron chi connectivity index (χ3n) is 5.22. The van der Waals surface area contributed by atoms with Gasteiger partial charge in [-0.1, -0.05) is 50.6 Å². The van der Waals surface area contributed by atoms with Gasteiger partial charge in [-0.15, -0.1) is 0 Å². The zero-order valence-corrected chi connectivity index (χ0v) is 14.5. The fraction of sp³-hybridized carbons (Fsp3) is 0.684. The topological polar surface area (TPSA) is 12.0 Å². The van der Waals surface area contributed by atoms with Gasteiger partial charge in [0.05, 0.1) is 0 Å². The van der Waals surface area contributed by atoms with Gasteiger partial charge in [0.25, 0.3) is 0 Å². The summed E-state index contributed by atoms with van der Waals surface area (Å²) < 4.78 is 0. The van der Waals surface area contributed by atoms with E-state index in [0.717, 1.165) is 48.2 Å². The molecule has 1 aromatic rings. The van der Waals surface area contributed by atoms with Gasteiger partial charge in [0.15, 0.2) is 0 Å². The third kappa shape index (κ3) is 4.72. The molecule has 1 aliphatic rings. The van der Waals surface area contributed by atoms with Crippen LogP contribution in [0.3, 0.4) is 0 Å². The van der Waals surface area contributed by atoms with Crippen LogP contribution in [-0.4, -0.2) is 13.1 Å². The molecule has 1 aromatic carbocycles. The Kier molecular flexibility index (Phi) is 6.57. The highest BCUT2D eigenvalue weighted by atomic mass is 35.5. The van der Waals surface area contributed by atoms with Crippen LogP contribution in [0.15, 0.2) is 24.3 Å². The van der Waals surface area contributed by atoms with Gasteiger partial charge in [0, 0.05) is 5.02 Å². The van der Waals surface area contributed by atoms with Crippen LogP contribution < -0.4 is 5.32 Å². The SMILES string of the molecule is CCNCC1CCC(C(C)C)CC1Cc1ccccc1Cl. The van der Waals surface area contributed by atoms with Gasteiger partial charge in [0.2, 0.25) is 0 Å². The quantitative estimate of drug-likeness (QED) is 0.763. The lowest BCUT2D eigenvalue weighted by Crippen LogP contribution is -2.35. The van der Waals surface area contributed by atoms with E-state index >= 15 is 0 Å². The van der Waals surface area contributed by atoms with E-state index in [1.54, 1.807) is 0 Å². The van der Waals surface area contributed by atoms with E-state index in [1.165, 1.54) is 24.8 Å². The summed E-state index contributed by atoms with van der Waals surface area (Å²) in [6.45, 7) is 9.19. The second-order valence-electron chi connectivity index (χ2n) is 6.94. The van der Waals surface area contributed by atoms with Crippen molar-refractivity contribution in [3.05, 3.63) is 34.9 Å². The highest BCUT2D eigenvalue weighted by Crippen LogP contribution is 2.39. The van der Waals surface area contributed by atoms with Gasteiger partial charge in [0.1, 0.15) is 0 Å². The summed E-state index contributed by atoms with van der Waals surface area (Å²) in [6.07, 6.45) is 5.26. The molecular weight excluding hydrogens is 278 g/mol. The van der Waals surface area contributed by atoms with Crippen LogP contribution in [0.2, 0.25) is 5.02 Å². The third-order valence-corrected chi connectivity index (χ3v) is 5.59. The largest absolute Gasteiger partial charge is 0.317 e. The normalized spacial score (nSPS) is 26.2. The molecule has 0 heterocycles. The molecule has 3 atom stereocenters. The molecule has 0 aliphatic heterocycles. The molecule has 21 heavy (non-hydrogen) atoms. The zero-order valence-electron chi connectivity index (χ0n) is 13.7. The molecule has 1 nitrogen and oxygen atoms in total. The molecule has 1 saturated carbocycles. The minimum atomic E-state index is 0.769. The van der Waals surface area contributed by atoms with Crippen molar-refractivity contribution in [3.63, 3.8) is 0 Å². The fourth-order valence-electron chi connectivity index (χ4n) is 3.76. The van der Waals surface area contributed by atoms with Crippen molar-refractivity contribution in [2.24, 2.45) is 23.7 Å². The Morgan fingerprint density at radius 2 is 1.95 bits per heavy atom. The van der Waals surface area contributed by atoms with E-state index in [0.29, 0.717) is 0 Å². The molecule has 1 aliphatic carbocycles. The van der Waals surface area contributed by atoms with Gasteiger partial charge in [-0.2, -0.15) is 0 Å². The molecule has 118 valence electrons. The molecular formula is C19H30ClN. The number of nitrogens with one attached hydrogen (secondary N) is 1. The van der Waals surface area contributed by atoms with Gasteiger partial charge >= 0.3 is 0 Å². The maximum absolute atomic E-state index is 6.38. The summed E-state index contributed by atoms with van der Waals surface area (Å²) in [5.74, 6) is 3.26. The van der Waals surface area contributed by atoms with E-state index in [1.807, 2.05) is 12.1 Å². The molecule has 0 radical (unpaired) electrons. The predicted octanol–water partition coefficient (Wildman–Crippen LogP) is 5.18. The van der Waals surface area contributed by atoms with Crippen LogP contribution in [-0.2, 0) is 6.42 Å². The highest BCUT2D eigenvalue weighted by Gasteiger charge is 2.31. The number of benzene rings is 1. The highest BCUT2D eigenvalue weighted by molar-refractivity contribution is 6.31. The monoisotopic (exact) mass is 307 g/mol. The Morgan fingerprint density at radius 1 is 1.19 bits per heavy atom. The number of hydrogen-bond donors (Lipinski definition) is 1. The van der Waals surface area contributed by atoms with Crippen LogP contribution in [0.5, 0.6) is 0 Å². The van der Waals surface area contributed by atoms with E-state index < -0.39 is 0 Å². The maximum Gasteiger partial charge on any atom is 0.0438 e. The van der Waals surface area contributed by atoms with E-state index in [4.69, 9.17) is 11.6 Å². The Labute approximate surface area is 135 Å². The first-order chi connectivity index (χ1) is 10.1. The minimum absolute atomic E-state index is 0.769. The Balaban J connectivity index is 2.07. The van der Waals surface area contributed by atoms with Crippen molar-refractivity contribution in [1.29, 1.82) is 0 Å². The van der Waals surface area contributed by atoms with Gasteiger partial charge in [-0.05, 0) is 74.1 Å². The zero-order chi connectivity index (χ0) is 15.2. The van der Waals surface area contributed by atoms with Crippen LogP contribution in [0.4, 0.5) is 0 Å². The lowest BCUT2D eigenvalue weighted by Gasteiger charge is -2.38. The molecule has 0 saturated heterocycles. The van der Waals surface area contributed by atoms with Gasteiger partial charge < -0.3 is 5.32 Å². The lowest BCUT2D eigenvalue weighted by molar-refractivity contribution is 0.145. The molecule has 2 heteroatoms. The summed E-state index contributed by atoms with van der Waals surface area (Å²) in [6, 6.07) is 8.37. The van der Waals surface area contributed by atoms with Crippen molar-refractivity contribution >= 4 is 11.6 Å². The molecule has 0 spiro atoms. The first-order valence-electron chi connectivity index (χ1n) is 8.55. The molecule has 0 bridgehead atoms. The molecule has 3 unspecified atom stereocenters. The summed E-state index contributed by atoms with van der Waals surface area (Å²) in [5, 5.41) is 4.50. The molecule has 2 rings (SSSR count). The first kappa shape index (κ1) is 16.8. The summed E-state index contributed by atoms with van der Waals surface area (Å²) in [7, 11) is 0. The summed E-state index contributed by atoms with van der Waals surface area (Å²) >= 11 is 6.38. The molecule has 1 fully saturated rings. The number of hydrogen-bond acceptors (Lipinski definition) is 1. The van der Waals surface area contributed by atoms with Crippen molar-refractivity contribution in [2.45, 2.75) is 46.5 Å². The van der Waals surface area contributed by atoms with Crippen LogP contribution in [0.25, 0.3) is 0 Å². The van der Waals surface area contributed by atoms with Gasteiger partial charge in [-0.25, -0.2) is 0 Å². The second kappa shape index (κ2) is 8.19. The predicted molar refractivity (Wildman–Crippen MR) is 92.9 cm³/mol. The number of halogens is 1. The van der Waals surface area contributed by atoms with E-state index in [2.05, 4.69) is 38.2 Å². The minimum Gasteiger partial charge on any atom is -0.317 e. The summed E-state index contributed by atoms with van der Waals surface area (Å²) in [4.78, 5) is 0. The fourth-order valence-corrected chi connectivity index (χ4v) is 3.98.